The third-order valence-electron chi connectivity index (χ3n) is 5.09. The number of carbonyl (C=O) groups excluding carboxylic acids is 2. The average Bonchev–Trinajstić information content (AvgIpc) is 3.20. The minimum Gasteiger partial charge on any atom is -0.495 e. The van der Waals surface area contributed by atoms with Gasteiger partial charge in [0, 0.05) is 30.0 Å². The maximum absolute atomic E-state index is 12.6. The highest BCUT2D eigenvalue weighted by atomic mass is 32.1. The summed E-state index contributed by atoms with van der Waals surface area (Å²) in [5.74, 6) is 0.474. The number of para-hydroxylation sites is 1. The molecule has 3 amide bonds. The maximum Gasteiger partial charge on any atom is 0.325 e. The van der Waals surface area contributed by atoms with Crippen LogP contribution in [-0.4, -0.2) is 41.6 Å². The van der Waals surface area contributed by atoms with E-state index in [1.807, 2.05) is 26.1 Å². The van der Waals surface area contributed by atoms with Crippen LogP contribution in [0.25, 0.3) is 0 Å². The van der Waals surface area contributed by atoms with E-state index in [1.54, 1.807) is 37.6 Å². The molecule has 0 aliphatic carbocycles. The maximum atomic E-state index is 12.6. The quantitative estimate of drug-likeness (QED) is 0.509. The van der Waals surface area contributed by atoms with Gasteiger partial charge in [-0.05, 0) is 26.0 Å². The lowest BCUT2D eigenvalue weighted by Crippen LogP contribution is -2.31. The van der Waals surface area contributed by atoms with Crippen molar-refractivity contribution >= 4 is 39.8 Å². The van der Waals surface area contributed by atoms with Crippen molar-refractivity contribution in [1.82, 2.24) is 15.3 Å². The predicted octanol–water partition coefficient (Wildman–Crippen LogP) is 3.89. The van der Waals surface area contributed by atoms with E-state index in [0.717, 1.165) is 29.2 Å². The Labute approximate surface area is 196 Å². The van der Waals surface area contributed by atoms with Gasteiger partial charge in [0.25, 0.3) is 5.91 Å². The minimum absolute atomic E-state index is 0.00617. The Kier molecular flexibility index (Phi) is 6.74. The van der Waals surface area contributed by atoms with Crippen molar-refractivity contribution in [3.63, 3.8) is 0 Å². The van der Waals surface area contributed by atoms with E-state index in [-0.39, 0.29) is 11.9 Å². The zero-order valence-corrected chi connectivity index (χ0v) is 19.5. The summed E-state index contributed by atoms with van der Waals surface area (Å²) < 4.78 is 5.28. The molecule has 1 aliphatic rings. The molecule has 4 rings (SSSR count). The Morgan fingerprint density at radius 1 is 1.18 bits per heavy atom. The summed E-state index contributed by atoms with van der Waals surface area (Å²) in [5, 5.41) is 8.93. The van der Waals surface area contributed by atoms with Crippen LogP contribution < -0.4 is 25.6 Å². The number of methoxy groups -OCH3 is 1. The molecule has 1 aromatic carbocycles. The lowest BCUT2D eigenvalue weighted by atomic mass is 10.1. The molecule has 0 bridgehead atoms. The standard InChI is InChI=1S/C23H26N6O3S/c1-14(2)25-21(30)17-6-4-5-7-18(17)26-22(31)28-23-27-19-8-9-29(13-20(19)33-23)15-10-16(32-3)12-24-11-15/h4-7,10-12,14H,8-9,13H2,1-3H3,(H,25,30)(H2,26,27,28,31). The fourth-order valence-corrected chi connectivity index (χ4v) is 4.56. The highest BCUT2D eigenvalue weighted by Gasteiger charge is 2.22. The third kappa shape index (κ3) is 5.40. The number of ether oxygens (including phenoxy) is 1. The monoisotopic (exact) mass is 466 g/mol. The van der Waals surface area contributed by atoms with Crippen molar-refractivity contribution in [2.75, 3.05) is 29.2 Å². The van der Waals surface area contributed by atoms with Crippen LogP contribution in [0.4, 0.5) is 21.3 Å². The van der Waals surface area contributed by atoms with Crippen LogP contribution in [0.15, 0.2) is 42.7 Å². The van der Waals surface area contributed by atoms with Gasteiger partial charge in [0.05, 0.1) is 48.7 Å². The first-order valence-electron chi connectivity index (χ1n) is 10.6. The molecule has 0 spiro atoms. The van der Waals surface area contributed by atoms with E-state index in [2.05, 4.69) is 30.8 Å². The highest BCUT2D eigenvalue weighted by molar-refractivity contribution is 7.15. The number of nitrogens with zero attached hydrogens (tertiary/aromatic N) is 3. The van der Waals surface area contributed by atoms with E-state index < -0.39 is 6.03 Å². The molecule has 9 nitrogen and oxygen atoms in total. The number of benzene rings is 1. The van der Waals surface area contributed by atoms with Gasteiger partial charge in [-0.25, -0.2) is 9.78 Å². The summed E-state index contributed by atoms with van der Waals surface area (Å²) in [5.41, 5.74) is 2.81. The molecular formula is C23H26N6O3S. The lowest BCUT2D eigenvalue weighted by molar-refractivity contribution is 0.0944. The van der Waals surface area contributed by atoms with Crippen molar-refractivity contribution in [2.45, 2.75) is 32.9 Å². The molecule has 3 N–H and O–H groups in total. The number of rotatable bonds is 6. The van der Waals surface area contributed by atoms with Gasteiger partial charge < -0.3 is 20.3 Å². The highest BCUT2D eigenvalue weighted by Crippen LogP contribution is 2.31. The molecule has 0 radical (unpaired) electrons. The largest absolute Gasteiger partial charge is 0.495 e. The summed E-state index contributed by atoms with van der Waals surface area (Å²) in [4.78, 5) is 37.2. The summed E-state index contributed by atoms with van der Waals surface area (Å²) in [6.07, 6.45) is 4.26. The van der Waals surface area contributed by atoms with E-state index in [1.165, 1.54) is 11.3 Å². The molecule has 2 aromatic heterocycles. The second kappa shape index (κ2) is 9.86. The van der Waals surface area contributed by atoms with Gasteiger partial charge in [-0.2, -0.15) is 0 Å². The number of hydrogen-bond acceptors (Lipinski definition) is 7. The number of pyridine rings is 1. The van der Waals surface area contributed by atoms with Gasteiger partial charge in [-0.1, -0.05) is 23.5 Å². The second-order valence-electron chi connectivity index (χ2n) is 7.90. The normalized spacial score (nSPS) is 12.8. The number of amides is 3. The molecule has 0 atom stereocenters. The van der Waals surface area contributed by atoms with Gasteiger partial charge >= 0.3 is 6.03 Å². The van der Waals surface area contributed by atoms with Gasteiger partial charge in [-0.15, -0.1) is 0 Å². The topological polar surface area (TPSA) is 108 Å². The van der Waals surface area contributed by atoms with Crippen LogP contribution in [-0.2, 0) is 13.0 Å². The molecule has 0 unspecified atom stereocenters. The number of thiazole rings is 1. The van der Waals surface area contributed by atoms with Gasteiger partial charge in [0.2, 0.25) is 0 Å². The number of nitrogens with one attached hydrogen (secondary N) is 3. The van der Waals surface area contributed by atoms with E-state index in [9.17, 15) is 9.59 Å². The molecule has 0 saturated carbocycles. The Balaban J connectivity index is 1.42. The third-order valence-corrected chi connectivity index (χ3v) is 6.09. The van der Waals surface area contributed by atoms with Crippen LogP contribution in [0.5, 0.6) is 5.75 Å². The van der Waals surface area contributed by atoms with Crippen LogP contribution in [0.3, 0.4) is 0 Å². The number of fused-ring (bicyclic) bond motifs is 1. The molecule has 3 heterocycles. The average molecular weight is 467 g/mol. The zero-order valence-electron chi connectivity index (χ0n) is 18.7. The molecule has 172 valence electrons. The number of urea groups is 1. The van der Waals surface area contributed by atoms with Crippen molar-refractivity contribution in [2.24, 2.45) is 0 Å². The van der Waals surface area contributed by atoms with Crippen molar-refractivity contribution in [3.05, 3.63) is 58.9 Å². The van der Waals surface area contributed by atoms with Crippen molar-refractivity contribution in [3.8, 4) is 5.75 Å². The first-order chi connectivity index (χ1) is 15.9. The lowest BCUT2D eigenvalue weighted by Gasteiger charge is -2.27. The van der Waals surface area contributed by atoms with Crippen molar-refractivity contribution < 1.29 is 14.3 Å². The van der Waals surface area contributed by atoms with E-state index in [0.29, 0.717) is 28.7 Å². The van der Waals surface area contributed by atoms with E-state index in [4.69, 9.17) is 4.74 Å². The molecule has 33 heavy (non-hydrogen) atoms. The zero-order chi connectivity index (χ0) is 23.4. The first kappa shape index (κ1) is 22.5. The number of aromatic nitrogens is 2. The van der Waals surface area contributed by atoms with Crippen LogP contribution >= 0.6 is 11.3 Å². The number of anilines is 3. The summed E-state index contributed by atoms with van der Waals surface area (Å²) in [6.45, 7) is 5.26. The van der Waals surface area contributed by atoms with Crippen molar-refractivity contribution in [1.29, 1.82) is 0 Å². The van der Waals surface area contributed by atoms with Crippen LogP contribution in [0.2, 0.25) is 0 Å². The van der Waals surface area contributed by atoms with E-state index >= 15 is 0 Å². The predicted molar refractivity (Wildman–Crippen MR) is 129 cm³/mol. The molecule has 0 saturated heterocycles. The Hall–Kier alpha value is -3.66. The Bertz CT molecular complexity index is 1160. The van der Waals surface area contributed by atoms with Gasteiger partial charge in [0.1, 0.15) is 5.75 Å². The fourth-order valence-electron chi connectivity index (χ4n) is 3.54. The molecule has 3 aromatic rings. The van der Waals surface area contributed by atoms with Gasteiger partial charge in [-0.3, -0.25) is 15.1 Å². The number of carbonyl (C=O) groups is 2. The Morgan fingerprint density at radius 2 is 2.00 bits per heavy atom. The van der Waals surface area contributed by atoms with Crippen LogP contribution in [0.1, 0.15) is 34.8 Å². The number of hydrogen-bond donors (Lipinski definition) is 3. The molecule has 10 heteroatoms. The molecule has 1 aliphatic heterocycles. The van der Waals surface area contributed by atoms with Gasteiger partial charge in [0.15, 0.2) is 5.13 Å². The second-order valence-corrected chi connectivity index (χ2v) is 8.98. The fraction of sp³-hybridized carbons (Fsp3) is 0.304. The SMILES string of the molecule is COc1cncc(N2CCc3nc(NC(=O)Nc4ccccc4C(=O)NC(C)C)sc3C2)c1. The minimum atomic E-state index is -0.445. The summed E-state index contributed by atoms with van der Waals surface area (Å²) in [6, 6.07) is 8.41. The van der Waals surface area contributed by atoms with Crippen LogP contribution in [0, 0.1) is 0 Å². The Morgan fingerprint density at radius 3 is 2.79 bits per heavy atom. The molecule has 0 fully saturated rings. The summed E-state index contributed by atoms with van der Waals surface area (Å²) >= 11 is 1.45. The summed E-state index contributed by atoms with van der Waals surface area (Å²) in [7, 11) is 1.62. The molecular weight excluding hydrogens is 440 g/mol. The first-order valence-corrected chi connectivity index (χ1v) is 11.4. The smallest absolute Gasteiger partial charge is 0.325 e.